The van der Waals surface area contributed by atoms with Gasteiger partial charge in [0, 0.05) is 23.9 Å². The van der Waals surface area contributed by atoms with Gasteiger partial charge in [-0.25, -0.2) is 0 Å². The Morgan fingerprint density at radius 2 is 2.29 bits per heavy atom. The van der Waals surface area contributed by atoms with Crippen LogP contribution in [0.2, 0.25) is 0 Å². The molecule has 1 aliphatic carbocycles. The third kappa shape index (κ3) is 2.91. The Morgan fingerprint density at radius 1 is 1.38 bits per heavy atom. The summed E-state index contributed by atoms with van der Waals surface area (Å²) in [6, 6.07) is 12.5. The monoisotopic (exact) mass is 283 g/mol. The van der Waals surface area contributed by atoms with Crippen molar-refractivity contribution in [3.8, 4) is 5.75 Å². The number of benzene rings is 1. The van der Waals surface area contributed by atoms with Crippen molar-refractivity contribution in [2.24, 2.45) is 5.84 Å². The van der Waals surface area contributed by atoms with E-state index in [1.165, 1.54) is 16.8 Å². The highest BCUT2D eigenvalue weighted by Gasteiger charge is 2.30. The van der Waals surface area contributed by atoms with Crippen molar-refractivity contribution in [3.05, 3.63) is 59.4 Å². The van der Waals surface area contributed by atoms with Crippen molar-refractivity contribution in [3.63, 3.8) is 0 Å². The van der Waals surface area contributed by atoms with Crippen molar-refractivity contribution in [2.75, 3.05) is 7.11 Å². The minimum Gasteiger partial charge on any atom is -0.497 e. The van der Waals surface area contributed by atoms with Crippen LogP contribution in [0.4, 0.5) is 0 Å². The van der Waals surface area contributed by atoms with E-state index in [-0.39, 0.29) is 6.04 Å². The second-order valence-corrected chi connectivity index (χ2v) is 5.52. The molecular formula is C17H21N3O. The lowest BCUT2D eigenvalue weighted by molar-refractivity contribution is 0.410. The van der Waals surface area contributed by atoms with Gasteiger partial charge in [-0.15, -0.1) is 0 Å². The van der Waals surface area contributed by atoms with E-state index < -0.39 is 0 Å². The van der Waals surface area contributed by atoms with Crippen molar-refractivity contribution in [2.45, 2.75) is 31.2 Å². The Morgan fingerprint density at radius 3 is 3.10 bits per heavy atom. The average Bonchev–Trinajstić information content (AvgIpc) is 2.97. The first-order chi connectivity index (χ1) is 10.3. The van der Waals surface area contributed by atoms with Crippen LogP contribution < -0.4 is 16.0 Å². The molecule has 0 amide bonds. The van der Waals surface area contributed by atoms with E-state index in [2.05, 4.69) is 28.6 Å². The van der Waals surface area contributed by atoms with Gasteiger partial charge in [-0.3, -0.25) is 16.3 Å². The maximum absolute atomic E-state index is 5.82. The molecule has 0 saturated heterocycles. The Hall–Kier alpha value is -1.91. The molecule has 1 aromatic heterocycles. The first-order valence-electron chi connectivity index (χ1n) is 7.34. The van der Waals surface area contributed by atoms with Crippen LogP contribution >= 0.6 is 0 Å². The zero-order valence-corrected chi connectivity index (χ0v) is 12.3. The average molecular weight is 283 g/mol. The molecule has 0 aliphatic heterocycles. The quantitative estimate of drug-likeness (QED) is 0.652. The van der Waals surface area contributed by atoms with Crippen molar-refractivity contribution >= 4 is 0 Å². The largest absolute Gasteiger partial charge is 0.497 e. The lowest BCUT2D eigenvalue weighted by Crippen LogP contribution is -2.41. The summed E-state index contributed by atoms with van der Waals surface area (Å²) in [6.07, 6.45) is 4.93. The maximum atomic E-state index is 5.82. The number of aromatic nitrogens is 1. The molecule has 1 aliphatic rings. The van der Waals surface area contributed by atoms with Crippen LogP contribution in [0.1, 0.15) is 29.2 Å². The number of nitrogens with two attached hydrogens (primary N) is 1. The SMILES string of the molecule is COc1cccc(CC(NN)C2CCc3cccnc32)c1. The van der Waals surface area contributed by atoms with Crippen molar-refractivity contribution in [1.29, 1.82) is 0 Å². The zero-order chi connectivity index (χ0) is 14.7. The molecule has 0 bridgehead atoms. The fourth-order valence-electron chi connectivity index (χ4n) is 3.21. The van der Waals surface area contributed by atoms with E-state index in [0.29, 0.717) is 5.92 Å². The van der Waals surface area contributed by atoms with Crippen LogP contribution in [0.5, 0.6) is 5.75 Å². The molecule has 0 spiro atoms. The van der Waals surface area contributed by atoms with Crippen LogP contribution in [-0.2, 0) is 12.8 Å². The Balaban J connectivity index is 1.80. The second kappa shape index (κ2) is 6.24. The molecule has 0 saturated carbocycles. The van der Waals surface area contributed by atoms with Gasteiger partial charge in [0.15, 0.2) is 0 Å². The summed E-state index contributed by atoms with van der Waals surface area (Å²) in [5.74, 6) is 7.07. The molecule has 2 unspecified atom stereocenters. The van der Waals surface area contributed by atoms with Gasteiger partial charge in [0.2, 0.25) is 0 Å². The molecular weight excluding hydrogens is 262 g/mol. The number of ether oxygens (including phenoxy) is 1. The van der Waals surface area contributed by atoms with Gasteiger partial charge in [0.05, 0.1) is 7.11 Å². The lowest BCUT2D eigenvalue weighted by Gasteiger charge is -2.23. The molecule has 0 radical (unpaired) electrons. The third-order valence-electron chi connectivity index (χ3n) is 4.29. The molecule has 1 aromatic carbocycles. The Kier molecular flexibility index (Phi) is 4.18. The molecule has 3 N–H and O–H groups in total. The van der Waals surface area contributed by atoms with E-state index in [1.807, 2.05) is 24.4 Å². The van der Waals surface area contributed by atoms with Crippen LogP contribution in [0, 0.1) is 0 Å². The molecule has 0 fully saturated rings. The molecule has 4 heteroatoms. The van der Waals surface area contributed by atoms with E-state index in [9.17, 15) is 0 Å². The van der Waals surface area contributed by atoms with Gasteiger partial charge in [-0.2, -0.15) is 0 Å². The fraction of sp³-hybridized carbons (Fsp3) is 0.353. The molecule has 2 aromatic rings. The van der Waals surface area contributed by atoms with Gasteiger partial charge < -0.3 is 4.74 Å². The minimum atomic E-state index is 0.188. The highest BCUT2D eigenvalue weighted by Crippen LogP contribution is 2.34. The summed E-state index contributed by atoms with van der Waals surface area (Å²) in [4.78, 5) is 4.56. The molecule has 3 rings (SSSR count). The van der Waals surface area contributed by atoms with Crippen LogP contribution in [0.15, 0.2) is 42.6 Å². The van der Waals surface area contributed by atoms with Gasteiger partial charge in [0.25, 0.3) is 0 Å². The van der Waals surface area contributed by atoms with Gasteiger partial charge in [-0.05, 0) is 48.6 Å². The number of aryl methyl sites for hydroxylation is 1. The fourth-order valence-corrected chi connectivity index (χ4v) is 3.21. The maximum Gasteiger partial charge on any atom is 0.119 e. The topological polar surface area (TPSA) is 60.2 Å². The highest BCUT2D eigenvalue weighted by atomic mass is 16.5. The number of rotatable bonds is 5. The van der Waals surface area contributed by atoms with E-state index >= 15 is 0 Å². The predicted molar refractivity (Wildman–Crippen MR) is 83.1 cm³/mol. The summed E-state index contributed by atoms with van der Waals surface area (Å²) in [5, 5.41) is 0. The van der Waals surface area contributed by atoms with Crippen LogP contribution in [0.3, 0.4) is 0 Å². The predicted octanol–water partition coefficient (Wildman–Crippen LogP) is 2.19. The molecule has 21 heavy (non-hydrogen) atoms. The van der Waals surface area contributed by atoms with Crippen LogP contribution in [0.25, 0.3) is 0 Å². The lowest BCUT2D eigenvalue weighted by atomic mass is 9.92. The van der Waals surface area contributed by atoms with Crippen LogP contribution in [-0.4, -0.2) is 18.1 Å². The van der Waals surface area contributed by atoms with E-state index in [0.717, 1.165) is 25.0 Å². The number of nitrogens with one attached hydrogen (secondary N) is 1. The number of hydrazine groups is 1. The smallest absolute Gasteiger partial charge is 0.119 e. The minimum absolute atomic E-state index is 0.188. The summed E-state index contributed by atoms with van der Waals surface area (Å²) in [6.45, 7) is 0. The normalized spacial score (nSPS) is 18.3. The molecule has 110 valence electrons. The number of nitrogens with zero attached hydrogens (tertiary/aromatic N) is 1. The number of hydrogen-bond acceptors (Lipinski definition) is 4. The number of pyridine rings is 1. The summed E-state index contributed by atoms with van der Waals surface area (Å²) in [5.41, 5.74) is 6.77. The summed E-state index contributed by atoms with van der Waals surface area (Å²) >= 11 is 0. The van der Waals surface area contributed by atoms with E-state index in [1.54, 1.807) is 7.11 Å². The summed E-state index contributed by atoms with van der Waals surface area (Å²) < 4.78 is 5.29. The molecule has 4 nitrogen and oxygen atoms in total. The highest BCUT2D eigenvalue weighted by molar-refractivity contribution is 5.32. The first-order valence-corrected chi connectivity index (χ1v) is 7.34. The number of hydrogen-bond donors (Lipinski definition) is 2. The molecule has 1 heterocycles. The van der Waals surface area contributed by atoms with Crippen molar-refractivity contribution in [1.82, 2.24) is 10.4 Å². The molecule has 2 atom stereocenters. The number of fused-ring (bicyclic) bond motifs is 1. The van der Waals surface area contributed by atoms with Gasteiger partial charge >= 0.3 is 0 Å². The zero-order valence-electron chi connectivity index (χ0n) is 12.3. The standard InChI is InChI=1S/C17H21N3O/c1-21-14-6-2-4-12(10-14)11-16(20-18)15-8-7-13-5-3-9-19-17(13)15/h2-6,9-10,15-16,20H,7-8,11,18H2,1H3. The second-order valence-electron chi connectivity index (χ2n) is 5.52. The van der Waals surface area contributed by atoms with Gasteiger partial charge in [-0.1, -0.05) is 18.2 Å². The third-order valence-corrected chi connectivity index (χ3v) is 4.29. The summed E-state index contributed by atoms with van der Waals surface area (Å²) in [7, 11) is 1.69. The van der Waals surface area contributed by atoms with Crippen molar-refractivity contribution < 1.29 is 4.74 Å². The Labute approximate surface area is 125 Å². The number of methoxy groups -OCH3 is 1. The van der Waals surface area contributed by atoms with Gasteiger partial charge in [0.1, 0.15) is 5.75 Å². The Bertz CT molecular complexity index is 614. The first kappa shape index (κ1) is 14.0. The van der Waals surface area contributed by atoms with E-state index in [4.69, 9.17) is 10.6 Å².